The van der Waals surface area contributed by atoms with Gasteiger partial charge in [0.1, 0.15) is 5.75 Å². The zero-order valence-electron chi connectivity index (χ0n) is 10.5. The molecule has 0 fully saturated rings. The topological polar surface area (TPSA) is 35.2 Å². The molecule has 0 amide bonds. The Kier molecular flexibility index (Phi) is 5.59. The van der Waals surface area contributed by atoms with Gasteiger partial charge in [0.2, 0.25) is 0 Å². The summed E-state index contributed by atoms with van der Waals surface area (Å²) in [6.45, 7) is 0. The molecular weight excluding hydrogens is 476 g/mol. The van der Waals surface area contributed by atoms with Crippen LogP contribution in [-0.4, -0.2) is 7.11 Å². The summed E-state index contributed by atoms with van der Waals surface area (Å²) in [5.41, 5.74) is 8.10. The highest BCUT2D eigenvalue weighted by Gasteiger charge is 2.18. The average Bonchev–Trinajstić information content (AvgIpc) is 2.42. The Morgan fingerprint density at radius 1 is 1.15 bits per heavy atom. The molecule has 6 heteroatoms. The van der Waals surface area contributed by atoms with Gasteiger partial charge in [-0.1, -0.05) is 39.1 Å². The molecule has 0 saturated heterocycles. The molecule has 1 atom stereocenters. The fourth-order valence-corrected chi connectivity index (χ4v) is 3.43. The van der Waals surface area contributed by atoms with Crippen molar-refractivity contribution in [2.75, 3.05) is 7.11 Å². The van der Waals surface area contributed by atoms with Gasteiger partial charge in [-0.2, -0.15) is 0 Å². The van der Waals surface area contributed by atoms with Gasteiger partial charge >= 0.3 is 0 Å². The largest absolute Gasteiger partial charge is 0.495 e. The van der Waals surface area contributed by atoms with E-state index in [0.717, 1.165) is 19.2 Å². The van der Waals surface area contributed by atoms with Gasteiger partial charge in [-0.3, -0.25) is 0 Å². The summed E-state index contributed by atoms with van der Waals surface area (Å²) in [7, 11) is 1.55. The monoisotopic (exact) mass is 485 g/mol. The minimum Gasteiger partial charge on any atom is -0.495 e. The SMILES string of the molecule is COc1cc(Cl)c(C(N)c2cc(Br)ccc2I)cc1Cl. The number of benzene rings is 2. The van der Waals surface area contributed by atoms with Gasteiger partial charge in [0.05, 0.1) is 18.2 Å². The molecule has 1 unspecified atom stereocenters. The minimum absolute atomic E-state index is 0.352. The quantitative estimate of drug-likeness (QED) is 0.588. The van der Waals surface area contributed by atoms with Crippen LogP contribution in [0.4, 0.5) is 0 Å². The van der Waals surface area contributed by atoms with E-state index in [0.29, 0.717) is 15.8 Å². The first kappa shape index (κ1) is 16.4. The van der Waals surface area contributed by atoms with Crippen LogP contribution in [0.15, 0.2) is 34.8 Å². The third-order valence-corrected chi connectivity index (χ3v) is 5.00. The molecular formula is C14H11BrCl2INO. The molecule has 2 aromatic carbocycles. The standard InChI is InChI=1S/C14H11BrCl2INO/c1-20-13-6-10(16)8(5-11(13)17)14(19)9-4-7(15)2-3-12(9)18/h2-6,14H,19H2,1H3. The van der Waals surface area contributed by atoms with Gasteiger partial charge in [0.15, 0.2) is 0 Å². The van der Waals surface area contributed by atoms with Crippen LogP contribution >= 0.6 is 61.7 Å². The van der Waals surface area contributed by atoms with Gasteiger partial charge < -0.3 is 10.5 Å². The maximum atomic E-state index is 6.34. The fraction of sp³-hybridized carbons (Fsp3) is 0.143. The molecule has 0 aliphatic rings. The molecule has 20 heavy (non-hydrogen) atoms. The lowest BCUT2D eigenvalue weighted by Gasteiger charge is -2.17. The first-order chi connectivity index (χ1) is 9.43. The number of ether oxygens (including phenoxy) is 1. The second kappa shape index (κ2) is 6.83. The molecule has 0 heterocycles. The highest BCUT2D eigenvalue weighted by atomic mass is 127. The number of nitrogens with two attached hydrogens (primary N) is 1. The molecule has 0 aliphatic heterocycles. The first-order valence-electron chi connectivity index (χ1n) is 5.67. The summed E-state index contributed by atoms with van der Waals surface area (Å²) in [6, 6.07) is 9.05. The van der Waals surface area contributed by atoms with Crippen molar-refractivity contribution in [1.29, 1.82) is 0 Å². The third-order valence-electron chi connectivity index (χ3n) is 2.90. The van der Waals surface area contributed by atoms with E-state index in [-0.39, 0.29) is 6.04 Å². The lowest BCUT2D eigenvalue weighted by atomic mass is 9.99. The second-order valence-electron chi connectivity index (χ2n) is 4.15. The number of hydrogen-bond acceptors (Lipinski definition) is 2. The molecule has 0 aromatic heterocycles. The van der Waals surface area contributed by atoms with Crippen molar-refractivity contribution in [2.45, 2.75) is 6.04 Å². The van der Waals surface area contributed by atoms with E-state index in [4.69, 9.17) is 33.7 Å². The van der Waals surface area contributed by atoms with E-state index >= 15 is 0 Å². The van der Waals surface area contributed by atoms with Crippen LogP contribution in [0.25, 0.3) is 0 Å². The molecule has 0 aliphatic carbocycles. The molecule has 106 valence electrons. The smallest absolute Gasteiger partial charge is 0.138 e. The average molecular weight is 487 g/mol. The zero-order valence-corrected chi connectivity index (χ0v) is 15.7. The van der Waals surface area contributed by atoms with Crippen molar-refractivity contribution in [3.63, 3.8) is 0 Å². The Balaban J connectivity index is 2.50. The normalized spacial score (nSPS) is 12.3. The number of rotatable bonds is 3. The maximum Gasteiger partial charge on any atom is 0.138 e. The summed E-state index contributed by atoms with van der Waals surface area (Å²) < 4.78 is 7.18. The number of hydrogen-bond donors (Lipinski definition) is 1. The summed E-state index contributed by atoms with van der Waals surface area (Å²) in [5, 5.41) is 1.03. The highest BCUT2D eigenvalue weighted by molar-refractivity contribution is 14.1. The molecule has 0 radical (unpaired) electrons. The van der Waals surface area contributed by atoms with E-state index in [9.17, 15) is 0 Å². The third kappa shape index (κ3) is 3.42. The van der Waals surface area contributed by atoms with E-state index in [1.165, 1.54) is 0 Å². The summed E-state index contributed by atoms with van der Waals surface area (Å²) in [6.07, 6.45) is 0. The van der Waals surface area contributed by atoms with E-state index < -0.39 is 0 Å². The van der Waals surface area contributed by atoms with Crippen LogP contribution < -0.4 is 10.5 Å². The van der Waals surface area contributed by atoms with E-state index in [2.05, 4.69) is 38.5 Å². The molecule has 0 bridgehead atoms. The van der Waals surface area contributed by atoms with Crippen molar-refractivity contribution in [3.8, 4) is 5.75 Å². The Morgan fingerprint density at radius 3 is 2.50 bits per heavy atom. The molecule has 0 spiro atoms. The summed E-state index contributed by atoms with van der Waals surface area (Å²) in [5.74, 6) is 0.538. The van der Waals surface area contributed by atoms with Crippen molar-refractivity contribution in [3.05, 3.63) is 59.5 Å². The van der Waals surface area contributed by atoms with Crippen LogP contribution in [0.2, 0.25) is 10.0 Å². The van der Waals surface area contributed by atoms with Gasteiger partial charge in [-0.25, -0.2) is 0 Å². The van der Waals surface area contributed by atoms with Crippen LogP contribution in [-0.2, 0) is 0 Å². The van der Waals surface area contributed by atoms with Crippen molar-refractivity contribution >= 4 is 61.7 Å². The zero-order chi connectivity index (χ0) is 14.9. The van der Waals surface area contributed by atoms with Crippen LogP contribution in [0.1, 0.15) is 17.2 Å². The summed E-state index contributed by atoms with van der Waals surface area (Å²) in [4.78, 5) is 0. The summed E-state index contributed by atoms with van der Waals surface area (Å²) >= 11 is 18.1. The van der Waals surface area contributed by atoms with Gasteiger partial charge in [0.25, 0.3) is 0 Å². The number of halogens is 4. The minimum atomic E-state index is -0.352. The Hall–Kier alpha value is -0.0100. The second-order valence-corrected chi connectivity index (χ2v) is 7.04. The first-order valence-corrected chi connectivity index (χ1v) is 8.30. The van der Waals surface area contributed by atoms with Crippen LogP contribution in [0.5, 0.6) is 5.75 Å². The van der Waals surface area contributed by atoms with Crippen molar-refractivity contribution < 1.29 is 4.74 Å². The number of methoxy groups -OCH3 is 1. The molecule has 2 rings (SSSR count). The highest BCUT2D eigenvalue weighted by Crippen LogP contribution is 2.36. The molecule has 2 N–H and O–H groups in total. The predicted molar refractivity (Wildman–Crippen MR) is 95.9 cm³/mol. The molecule has 2 aromatic rings. The van der Waals surface area contributed by atoms with Gasteiger partial charge in [-0.15, -0.1) is 0 Å². The predicted octanol–water partition coefficient (Wildman–Crippen LogP) is 5.42. The Labute approximate surface area is 149 Å². The Bertz CT molecular complexity index is 651. The van der Waals surface area contributed by atoms with Crippen LogP contribution in [0.3, 0.4) is 0 Å². The van der Waals surface area contributed by atoms with Gasteiger partial charge in [0, 0.05) is 19.1 Å². The molecule has 0 saturated carbocycles. The molecule has 2 nitrogen and oxygen atoms in total. The van der Waals surface area contributed by atoms with E-state index in [1.54, 1.807) is 19.2 Å². The lowest BCUT2D eigenvalue weighted by Crippen LogP contribution is -2.14. The van der Waals surface area contributed by atoms with Crippen LogP contribution in [0, 0.1) is 3.57 Å². The lowest BCUT2D eigenvalue weighted by molar-refractivity contribution is 0.415. The van der Waals surface area contributed by atoms with Gasteiger partial charge in [-0.05, 0) is 58.0 Å². The van der Waals surface area contributed by atoms with Crippen molar-refractivity contribution in [1.82, 2.24) is 0 Å². The van der Waals surface area contributed by atoms with E-state index in [1.807, 2.05) is 18.2 Å². The fourth-order valence-electron chi connectivity index (χ4n) is 1.86. The Morgan fingerprint density at radius 2 is 1.85 bits per heavy atom. The maximum absolute atomic E-state index is 6.34. The van der Waals surface area contributed by atoms with Crippen molar-refractivity contribution in [2.24, 2.45) is 5.73 Å².